The molecule has 7 nitrogen and oxygen atoms in total. The highest BCUT2D eigenvalue weighted by atomic mass is 16.4. The summed E-state index contributed by atoms with van der Waals surface area (Å²) in [5.41, 5.74) is 6.40. The van der Waals surface area contributed by atoms with Crippen molar-refractivity contribution in [3.05, 3.63) is 30.2 Å². The van der Waals surface area contributed by atoms with Crippen LogP contribution >= 0.6 is 0 Å². The van der Waals surface area contributed by atoms with Crippen molar-refractivity contribution in [3.63, 3.8) is 0 Å². The van der Waals surface area contributed by atoms with Gasteiger partial charge in [-0.3, -0.25) is 10.1 Å². The number of rotatable bonds is 4. The standard InChI is InChI=1S/C10H13N5O2/c1-7-5-17-10(13-7)14-9(16)8-4-15(3-2-11)6-12-8/h4-6H,2-3,11H2,1H3,(H,13,14,16). The van der Waals surface area contributed by atoms with Gasteiger partial charge in [0.2, 0.25) is 0 Å². The quantitative estimate of drug-likeness (QED) is 0.798. The first-order valence-corrected chi connectivity index (χ1v) is 5.14. The average Bonchev–Trinajstić information content (AvgIpc) is 2.88. The van der Waals surface area contributed by atoms with Crippen LogP contribution in [0.5, 0.6) is 0 Å². The summed E-state index contributed by atoms with van der Waals surface area (Å²) in [5, 5.41) is 2.51. The fourth-order valence-electron chi connectivity index (χ4n) is 1.32. The van der Waals surface area contributed by atoms with E-state index < -0.39 is 0 Å². The molecule has 2 aromatic rings. The summed E-state index contributed by atoms with van der Waals surface area (Å²) < 4.78 is 6.76. The lowest BCUT2D eigenvalue weighted by molar-refractivity contribution is 0.102. The lowest BCUT2D eigenvalue weighted by Gasteiger charge is -1.97. The number of aryl methyl sites for hydroxylation is 1. The number of amides is 1. The van der Waals surface area contributed by atoms with Gasteiger partial charge in [-0.2, -0.15) is 4.98 Å². The molecule has 0 aromatic carbocycles. The molecule has 3 N–H and O–H groups in total. The number of anilines is 1. The number of nitrogens with zero attached hydrogens (tertiary/aromatic N) is 3. The summed E-state index contributed by atoms with van der Waals surface area (Å²) in [5.74, 6) is -0.359. The summed E-state index contributed by atoms with van der Waals surface area (Å²) in [7, 11) is 0. The number of carbonyl (C=O) groups excluding carboxylic acids is 1. The molecule has 0 unspecified atom stereocenters. The highest BCUT2D eigenvalue weighted by molar-refractivity contribution is 6.01. The Bertz CT molecular complexity index is 516. The van der Waals surface area contributed by atoms with Gasteiger partial charge in [-0.1, -0.05) is 0 Å². The zero-order valence-electron chi connectivity index (χ0n) is 9.38. The predicted molar refractivity (Wildman–Crippen MR) is 60.5 cm³/mol. The van der Waals surface area contributed by atoms with E-state index in [1.807, 2.05) is 0 Å². The maximum Gasteiger partial charge on any atom is 0.301 e. The molecule has 2 aromatic heterocycles. The Hall–Kier alpha value is -2.15. The molecule has 0 spiro atoms. The number of aromatic nitrogens is 3. The van der Waals surface area contributed by atoms with Gasteiger partial charge in [-0.15, -0.1) is 0 Å². The fraction of sp³-hybridized carbons (Fsp3) is 0.300. The molecule has 0 bridgehead atoms. The van der Waals surface area contributed by atoms with Crippen LogP contribution in [0.25, 0.3) is 0 Å². The largest absolute Gasteiger partial charge is 0.432 e. The summed E-state index contributed by atoms with van der Waals surface area (Å²) in [6.07, 6.45) is 4.64. The first-order valence-electron chi connectivity index (χ1n) is 5.14. The number of nitrogens with one attached hydrogen (secondary N) is 1. The lowest BCUT2D eigenvalue weighted by Crippen LogP contribution is -2.13. The second kappa shape index (κ2) is 4.79. The number of hydrogen-bond donors (Lipinski definition) is 2. The van der Waals surface area contributed by atoms with Crippen molar-refractivity contribution in [2.45, 2.75) is 13.5 Å². The number of imidazole rings is 1. The molecule has 90 valence electrons. The molecular weight excluding hydrogens is 222 g/mol. The topological polar surface area (TPSA) is 99.0 Å². The molecule has 2 heterocycles. The van der Waals surface area contributed by atoms with Crippen LogP contribution in [0.2, 0.25) is 0 Å². The van der Waals surface area contributed by atoms with Crippen molar-refractivity contribution in [1.29, 1.82) is 0 Å². The van der Waals surface area contributed by atoms with Crippen LogP contribution in [0.15, 0.2) is 23.2 Å². The fourth-order valence-corrected chi connectivity index (χ4v) is 1.32. The third-order valence-corrected chi connectivity index (χ3v) is 2.09. The average molecular weight is 235 g/mol. The summed E-state index contributed by atoms with van der Waals surface area (Å²) in [4.78, 5) is 19.7. The van der Waals surface area contributed by atoms with Gasteiger partial charge in [-0.05, 0) is 6.92 Å². The number of hydrogen-bond acceptors (Lipinski definition) is 5. The van der Waals surface area contributed by atoms with Crippen LogP contribution in [0.4, 0.5) is 6.01 Å². The first-order chi connectivity index (χ1) is 8.19. The number of nitrogens with two attached hydrogens (primary N) is 1. The molecule has 0 fully saturated rings. The second-order valence-corrected chi connectivity index (χ2v) is 3.53. The number of oxazole rings is 1. The van der Waals surface area contributed by atoms with E-state index >= 15 is 0 Å². The maximum absolute atomic E-state index is 11.7. The van der Waals surface area contributed by atoms with Gasteiger partial charge in [-0.25, -0.2) is 4.98 Å². The van der Waals surface area contributed by atoms with Gasteiger partial charge >= 0.3 is 6.01 Å². The zero-order valence-corrected chi connectivity index (χ0v) is 9.38. The van der Waals surface area contributed by atoms with Gasteiger partial charge in [0.05, 0.1) is 12.0 Å². The molecule has 0 saturated heterocycles. The van der Waals surface area contributed by atoms with Crippen LogP contribution in [0.3, 0.4) is 0 Å². The van der Waals surface area contributed by atoms with Crippen molar-refractivity contribution in [2.75, 3.05) is 11.9 Å². The molecule has 0 atom stereocenters. The van der Waals surface area contributed by atoms with E-state index in [0.717, 1.165) is 0 Å². The monoisotopic (exact) mass is 235 g/mol. The van der Waals surface area contributed by atoms with E-state index in [1.165, 1.54) is 6.26 Å². The smallest absolute Gasteiger partial charge is 0.301 e. The molecule has 7 heteroatoms. The van der Waals surface area contributed by atoms with Crippen molar-refractivity contribution < 1.29 is 9.21 Å². The van der Waals surface area contributed by atoms with Crippen molar-refractivity contribution in [2.24, 2.45) is 5.73 Å². The Labute approximate surface area is 97.7 Å². The Morgan fingerprint density at radius 2 is 2.47 bits per heavy atom. The van der Waals surface area contributed by atoms with Gasteiger partial charge in [0, 0.05) is 19.3 Å². The second-order valence-electron chi connectivity index (χ2n) is 3.53. The molecule has 17 heavy (non-hydrogen) atoms. The maximum atomic E-state index is 11.7. The molecule has 0 radical (unpaired) electrons. The minimum absolute atomic E-state index is 0.167. The van der Waals surface area contributed by atoms with Crippen LogP contribution in [0, 0.1) is 6.92 Å². The highest BCUT2D eigenvalue weighted by Crippen LogP contribution is 2.07. The normalized spacial score (nSPS) is 10.5. The van der Waals surface area contributed by atoms with Gasteiger partial charge < -0.3 is 14.7 Å². The van der Waals surface area contributed by atoms with E-state index in [-0.39, 0.29) is 11.9 Å². The molecular formula is C10H13N5O2. The third kappa shape index (κ3) is 2.70. The van der Waals surface area contributed by atoms with E-state index in [0.29, 0.717) is 24.5 Å². The summed E-state index contributed by atoms with van der Waals surface area (Å²) in [6, 6.07) is 0.167. The van der Waals surface area contributed by atoms with Gasteiger partial charge in [0.25, 0.3) is 5.91 Å². The molecule has 0 aliphatic rings. The molecule has 0 aliphatic carbocycles. The van der Waals surface area contributed by atoms with Crippen LogP contribution < -0.4 is 11.1 Å². The van der Waals surface area contributed by atoms with Crippen LogP contribution in [-0.2, 0) is 6.54 Å². The van der Waals surface area contributed by atoms with E-state index in [9.17, 15) is 4.79 Å². The molecule has 2 rings (SSSR count). The Morgan fingerprint density at radius 3 is 3.12 bits per heavy atom. The van der Waals surface area contributed by atoms with Gasteiger partial charge in [0.1, 0.15) is 12.0 Å². The Morgan fingerprint density at radius 1 is 1.65 bits per heavy atom. The summed E-state index contributed by atoms with van der Waals surface area (Å²) in [6.45, 7) is 2.89. The molecule has 1 amide bonds. The molecule has 0 aliphatic heterocycles. The van der Waals surface area contributed by atoms with E-state index in [4.69, 9.17) is 10.2 Å². The predicted octanol–water partition coefficient (Wildman–Crippen LogP) is 0.391. The highest BCUT2D eigenvalue weighted by Gasteiger charge is 2.12. The third-order valence-electron chi connectivity index (χ3n) is 2.09. The SMILES string of the molecule is Cc1coc(NC(=O)c2cn(CCN)cn2)n1. The minimum Gasteiger partial charge on any atom is -0.432 e. The molecule has 0 saturated carbocycles. The van der Waals surface area contributed by atoms with Gasteiger partial charge in [0.15, 0.2) is 0 Å². The van der Waals surface area contributed by atoms with Crippen molar-refractivity contribution >= 4 is 11.9 Å². The zero-order chi connectivity index (χ0) is 12.3. The van der Waals surface area contributed by atoms with Crippen molar-refractivity contribution in [3.8, 4) is 0 Å². The Balaban J connectivity index is 2.03. The number of carbonyl (C=O) groups is 1. The van der Waals surface area contributed by atoms with Crippen LogP contribution in [-0.4, -0.2) is 27.0 Å². The van der Waals surface area contributed by atoms with Crippen LogP contribution in [0.1, 0.15) is 16.2 Å². The summed E-state index contributed by atoms with van der Waals surface area (Å²) >= 11 is 0. The minimum atomic E-state index is -0.359. The van der Waals surface area contributed by atoms with Crippen molar-refractivity contribution in [1.82, 2.24) is 14.5 Å². The first kappa shape index (κ1) is 11.3. The van der Waals surface area contributed by atoms with E-state index in [2.05, 4.69) is 15.3 Å². The lowest BCUT2D eigenvalue weighted by atomic mass is 10.4. The van der Waals surface area contributed by atoms with E-state index in [1.54, 1.807) is 24.0 Å². The Kier molecular flexibility index (Phi) is 3.20.